The summed E-state index contributed by atoms with van der Waals surface area (Å²) in [5, 5.41) is 5.54. The molecule has 122 valence electrons. The fraction of sp³-hybridized carbons (Fsp3) is 0.714. The molecule has 5 nitrogen and oxygen atoms in total. The minimum absolute atomic E-state index is 0.166. The van der Waals surface area contributed by atoms with Crippen LogP contribution in [0.25, 0.3) is 0 Å². The molecule has 2 heterocycles. The molecule has 0 unspecified atom stereocenters. The van der Waals surface area contributed by atoms with Crippen molar-refractivity contribution in [1.29, 1.82) is 0 Å². The van der Waals surface area contributed by atoms with Gasteiger partial charge in [-0.05, 0) is 19.8 Å². The van der Waals surface area contributed by atoms with E-state index in [1.807, 2.05) is 0 Å². The molecule has 22 heavy (non-hydrogen) atoms. The van der Waals surface area contributed by atoms with E-state index in [9.17, 15) is 18.0 Å². The van der Waals surface area contributed by atoms with Gasteiger partial charge in [0.05, 0.1) is 5.56 Å². The summed E-state index contributed by atoms with van der Waals surface area (Å²) in [6.07, 6.45) is -1.00. The van der Waals surface area contributed by atoms with Crippen molar-refractivity contribution in [3.05, 3.63) is 17.0 Å². The summed E-state index contributed by atoms with van der Waals surface area (Å²) in [4.78, 5) is 16.3. The molecule has 1 aromatic rings. The molecule has 0 atom stereocenters. The molecule has 3 rings (SSSR count). The Labute approximate surface area is 126 Å². The topological polar surface area (TPSA) is 52.2 Å². The number of aromatic amines is 1. The summed E-state index contributed by atoms with van der Waals surface area (Å²) >= 11 is 0. The van der Waals surface area contributed by atoms with E-state index in [1.54, 1.807) is 0 Å². The van der Waals surface area contributed by atoms with Gasteiger partial charge < -0.3 is 4.90 Å². The number of aromatic nitrogens is 2. The summed E-state index contributed by atoms with van der Waals surface area (Å²) in [7, 11) is 0. The van der Waals surface area contributed by atoms with Crippen LogP contribution in [0.2, 0.25) is 0 Å². The Morgan fingerprint density at radius 3 is 2.36 bits per heavy atom. The van der Waals surface area contributed by atoms with E-state index in [2.05, 4.69) is 15.1 Å². The van der Waals surface area contributed by atoms with E-state index in [-0.39, 0.29) is 11.3 Å². The molecule has 1 aromatic heterocycles. The first-order valence-electron chi connectivity index (χ1n) is 7.53. The molecule has 0 aromatic carbocycles. The van der Waals surface area contributed by atoms with Crippen LogP contribution in [0.5, 0.6) is 0 Å². The molecule has 0 spiro atoms. The fourth-order valence-electron chi connectivity index (χ4n) is 3.10. The first-order chi connectivity index (χ1) is 10.4. The van der Waals surface area contributed by atoms with Gasteiger partial charge in [0.2, 0.25) is 0 Å². The Morgan fingerprint density at radius 2 is 1.86 bits per heavy atom. The van der Waals surface area contributed by atoms with Gasteiger partial charge in [-0.2, -0.15) is 18.3 Å². The average Bonchev–Trinajstić information content (AvgIpc) is 2.79. The maximum atomic E-state index is 12.9. The second-order valence-electron chi connectivity index (χ2n) is 5.98. The van der Waals surface area contributed by atoms with Crippen LogP contribution < -0.4 is 0 Å². The Hall–Kier alpha value is -1.57. The molecule has 0 bridgehead atoms. The Bertz CT molecular complexity index is 557. The molecule has 1 N–H and O–H groups in total. The van der Waals surface area contributed by atoms with E-state index in [0.717, 1.165) is 13.1 Å². The number of alkyl halides is 3. The van der Waals surface area contributed by atoms with Gasteiger partial charge in [0.25, 0.3) is 5.91 Å². The van der Waals surface area contributed by atoms with E-state index in [1.165, 1.54) is 31.1 Å². The van der Waals surface area contributed by atoms with Crippen molar-refractivity contribution in [3.63, 3.8) is 0 Å². The molecule has 1 amide bonds. The molecular weight excluding hydrogens is 297 g/mol. The van der Waals surface area contributed by atoms with Gasteiger partial charge in [0.15, 0.2) is 5.69 Å². The fourth-order valence-corrected chi connectivity index (χ4v) is 3.10. The van der Waals surface area contributed by atoms with Crippen molar-refractivity contribution in [3.8, 4) is 0 Å². The zero-order valence-electron chi connectivity index (χ0n) is 12.4. The Kier molecular flexibility index (Phi) is 3.88. The number of piperazine rings is 1. The minimum atomic E-state index is -4.62. The smallest absolute Gasteiger partial charge is 0.336 e. The van der Waals surface area contributed by atoms with Gasteiger partial charge in [-0.25, -0.2) is 0 Å². The quantitative estimate of drug-likeness (QED) is 0.908. The normalized spacial score (nSPS) is 21.0. The number of rotatable bonds is 2. The molecule has 1 saturated heterocycles. The Balaban J connectivity index is 1.71. The largest absolute Gasteiger partial charge is 0.435 e. The number of hydrogen-bond acceptors (Lipinski definition) is 3. The first kappa shape index (κ1) is 15.3. The van der Waals surface area contributed by atoms with Crippen molar-refractivity contribution in [2.75, 3.05) is 26.2 Å². The highest BCUT2D eigenvalue weighted by Gasteiger charge is 2.41. The monoisotopic (exact) mass is 316 g/mol. The van der Waals surface area contributed by atoms with E-state index in [0.29, 0.717) is 19.1 Å². The number of halogens is 3. The maximum absolute atomic E-state index is 12.9. The number of carbonyl (C=O) groups excluding carboxylic acids is 1. The summed E-state index contributed by atoms with van der Waals surface area (Å²) in [5.74, 6) is -0.577. The van der Waals surface area contributed by atoms with Crippen LogP contribution >= 0.6 is 0 Å². The summed E-state index contributed by atoms with van der Waals surface area (Å²) < 4.78 is 38.8. The Morgan fingerprint density at radius 1 is 1.23 bits per heavy atom. The number of nitrogens with one attached hydrogen (secondary N) is 1. The van der Waals surface area contributed by atoms with Crippen LogP contribution in [0.4, 0.5) is 13.2 Å². The van der Waals surface area contributed by atoms with Crippen molar-refractivity contribution in [1.82, 2.24) is 20.0 Å². The van der Waals surface area contributed by atoms with Gasteiger partial charge in [-0.3, -0.25) is 14.8 Å². The lowest BCUT2D eigenvalue weighted by Gasteiger charge is -2.42. The second-order valence-corrected chi connectivity index (χ2v) is 5.98. The van der Waals surface area contributed by atoms with E-state index in [4.69, 9.17) is 0 Å². The van der Waals surface area contributed by atoms with Crippen LogP contribution in [0.1, 0.15) is 41.0 Å². The second kappa shape index (κ2) is 5.57. The van der Waals surface area contributed by atoms with E-state index < -0.39 is 17.8 Å². The highest BCUT2D eigenvalue weighted by atomic mass is 19.4. The highest BCUT2D eigenvalue weighted by molar-refractivity contribution is 5.96. The molecule has 0 radical (unpaired) electrons. The molecule has 1 aliphatic heterocycles. The van der Waals surface area contributed by atoms with Crippen molar-refractivity contribution in [2.45, 2.75) is 38.4 Å². The lowest BCUT2D eigenvalue weighted by Crippen LogP contribution is -2.53. The van der Waals surface area contributed by atoms with Gasteiger partial charge in [-0.1, -0.05) is 6.42 Å². The van der Waals surface area contributed by atoms with Crippen LogP contribution in [-0.2, 0) is 6.18 Å². The highest BCUT2D eigenvalue weighted by Crippen LogP contribution is 2.32. The van der Waals surface area contributed by atoms with Crippen molar-refractivity contribution in [2.24, 2.45) is 0 Å². The number of hydrogen-bond donors (Lipinski definition) is 1. The molecule has 8 heteroatoms. The maximum Gasteiger partial charge on any atom is 0.435 e. The number of aryl methyl sites for hydroxylation is 1. The third-order valence-corrected chi connectivity index (χ3v) is 4.62. The third-order valence-electron chi connectivity index (χ3n) is 4.62. The predicted molar refractivity (Wildman–Crippen MR) is 73.4 cm³/mol. The summed E-state index contributed by atoms with van der Waals surface area (Å²) in [6, 6.07) is 0.596. The summed E-state index contributed by atoms with van der Waals surface area (Å²) in [6.45, 7) is 3.85. The molecular formula is C14H19F3N4O. The predicted octanol–water partition coefficient (Wildman–Crippen LogP) is 2.05. The molecule has 1 aliphatic carbocycles. The summed E-state index contributed by atoms with van der Waals surface area (Å²) in [5.41, 5.74) is -1.29. The zero-order chi connectivity index (χ0) is 15.9. The van der Waals surface area contributed by atoms with Gasteiger partial charge >= 0.3 is 6.18 Å². The first-order valence-corrected chi connectivity index (χ1v) is 7.53. The molecule has 2 aliphatic rings. The minimum Gasteiger partial charge on any atom is -0.336 e. The molecule has 1 saturated carbocycles. The van der Waals surface area contributed by atoms with Crippen LogP contribution in [0, 0.1) is 6.92 Å². The van der Waals surface area contributed by atoms with Crippen LogP contribution in [0.15, 0.2) is 0 Å². The lowest BCUT2D eigenvalue weighted by molar-refractivity contribution is -0.141. The van der Waals surface area contributed by atoms with Crippen molar-refractivity contribution < 1.29 is 18.0 Å². The van der Waals surface area contributed by atoms with Crippen LogP contribution in [-0.4, -0.2) is 58.1 Å². The average molecular weight is 316 g/mol. The number of carbonyl (C=O) groups is 1. The number of nitrogens with zero attached hydrogens (tertiary/aromatic N) is 3. The number of H-pyrrole nitrogens is 1. The van der Waals surface area contributed by atoms with Crippen molar-refractivity contribution >= 4 is 5.91 Å². The zero-order valence-corrected chi connectivity index (χ0v) is 12.4. The molecule has 2 fully saturated rings. The number of amides is 1. The standard InChI is InChI=1S/C14H19F3N4O/c1-9-11(12(19-18-9)14(15,16)17)13(22)21-7-5-20(6-8-21)10-3-2-4-10/h10H,2-8H2,1H3,(H,18,19). The van der Waals surface area contributed by atoms with Gasteiger partial charge in [0, 0.05) is 37.9 Å². The SMILES string of the molecule is Cc1[nH]nc(C(F)(F)F)c1C(=O)N1CCN(C2CCC2)CC1. The van der Waals surface area contributed by atoms with Crippen LogP contribution in [0.3, 0.4) is 0 Å². The third kappa shape index (κ3) is 2.71. The van der Waals surface area contributed by atoms with Gasteiger partial charge in [-0.15, -0.1) is 0 Å². The lowest BCUT2D eigenvalue weighted by atomic mass is 9.91. The van der Waals surface area contributed by atoms with Gasteiger partial charge in [0.1, 0.15) is 0 Å². The van der Waals surface area contributed by atoms with E-state index >= 15 is 0 Å².